The van der Waals surface area contributed by atoms with Crippen LogP contribution in [0.4, 0.5) is 8.78 Å². The van der Waals surface area contributed by atoms with Gasteiger partial charge in [0.15, 0.2) is 11.6 Å². The molecule has 0 aliphatic rings. The highest BCUT2D eigenvalue weighted by Crippen LogP contribution is 2.30. The number of Topliss-reactive ketones (excluding diaryl/α,β-unsaturated/α-hetero) is 1. The van der Waals surface area contributed by atoms with Gasteiger partial charge < -0.3 is 10.5 Å². The highest BCUT2D eigenvalue weighted by Gasteiger charge is 2.22. The average molecular weight is 280 g/mol. The van der Waals surface area contributed by atoms with Gasteiger partial charge in [0, 0.05) is 6.07 Å². The lowest BCUT2D eigenvalue weighted by Crippen LogP contribution is -2.17. The Morgan fingerprint density at radius 1 is 1.60 bits per heavy atom. The van der Waals surface area contributed by atoms with Crippen LogP contribution in [0.5, 0.6) is 5.75 Å². The molecule has 0 atom stereocenters. The second-order valence-corrected chi connectivity index (χ2v) is 3.48. The molecule has 0 spiro atoms. The first kappa shape index (κ1) is 12.1. The molecular weight excluding hydrogens is 272 g/mol. The highest BCUT2D eigenvalue weighted by molar-refractivity contribution is 9.10. The standard InChI is InChI=1S/C9H8BrF2NO2/c1-15-6-2-4(11)8(10)9(12)7(6)5(14)3-13/h2H,3,13H2,1H3. The number of nitrogens with two attached hydrogens (primary N) is 1. The number of hydrogen-bond donors (Lipinski definition) is 1. The van der Waals surface area contributed by atoms with Crippen molar-refractivity contribution < 1.29 is 18.3 Å². The Bertz CT molecular complexity index is 410. The maximum Gasteiger partial charge on any atom is 0.183 e. The summed E-state index contributed by atoms with van der Waals surface area (Å²) in [4.78, 5) is 11.3. The molecule has 82 valence electrons. The summed E-state index contributed by atoms with van der Waals surface area (Å²) >= 11 is 2.69. The van der Waals surface area contributed by atoms with Crippen LogP contribution in [-0.4, -0.2) is 19.4 Å². The summed E-state index contributed by atoms with van der Waals surface area (Å²) in [5.74, 6) is -2.64. The average Bonchev–Trinajstić information content (AvgIpc) is 2.24. The number of ketones is 1. The van der Waals surface area contributed by atoms with E-state index in [1.165, 1.54) is 7.11 Å². The molecule has 0 saturated carbocycles. The predicted molar refractivity (Wildman–Crippen MR) is 54.0 cm³/mol. The van der Waals surface area contributed by atoms with E-state index < -0.39 is 21.9 Å². The Kier molecular flexibility index (Phi) is 3.76. The maximum absolute atomic E-state index is 13.5. The van der Waals surface area contributed by atoms with Crippen LogP contribution in [0.2, 0.25) is 0 Å². The molecule has 0 amide bonds. The molecule has 1 rings (SSSR count). The molecule has 3 nitrogen and oxygen atoms in total. The zero-order valence-corrected chi connectivity index (χ0v) is 9.40. The van der Waals surface area contributed by atoms with Crippen LogP contribution < -0.4 is 10.5 Å². The minimum Gasteiger partial charge on any atom is -0.496 e. The van der Waals surface area contributed by atoms with Crippen LogP contribution in [0.15, 0.2) is 10.5 Å². The fraction of sp³-hybridized carbons (Fsp3) is 0.222. The van der Waals surface area contributed by atoms with Gasteiger partial charge in [-0.3, -0.25) is 4.79 Å². The van der Waals surface area contributed by atoms with Gasteiger partial charge in [0.25, 0.3) is 0 Å². The van der Waals surface area contributed by atoms with Crippen molar-refractivity contribution in [3.05, 3.63) is 27.7 Å². The number of rotatable bonds is 3. The Labute approximate surface area is 93.3 Å². The van der Waals surface area contributed by atoms with Crippen LogP contribution in [0.3, 0.4) is 0 Å². The molecule has 0 unspecified atom stereocenters. The number of benzene rings is 1. The fourth-order valence-electron chi connectivity index (χ4n) is 1.10. The Balaban J connectivity index is 3.47. The molecular formula is C9H8BrF2NO2. The zero-order chi connectivity index (χ0) is 11.6. The molecule has 1 aromatic rings. The quantitative estimate of drug-likeness (QED) is 0.679. The second kappa shape index (κ2) is 4.67. The first-order valence-electron chi connectivity index (χ1n) is 3.97. The molecule has 0 aliphatic carbocycles. The van der Waals surface area contributed by atoms with E-state index in [4.69, 9.17) is 10.5 Å². The first-order valence-corrected chi connectivity index (χ1v) is 4.77. The molecule has 0 bridgehead atoms. The topological polar surface area (TPSA) is 52.3 Å². The van der Waals surface area contributed by atoms with Gasteiger partial charge in [-0.05, 0) is 15.9 Å². The van der Waals surface area contributed by atoms with Gasteiger partial charge in [-0.15, -0.1) is 0 Å². The van der Waals surface area contributed by atoms with Crippen LogP contribution in [-0.2, 0) is 0 Å². The second-order valence-electron chi connectivity index (χ2n) is 2.69. The normalized spacial score (nSPS) is 10.2. The first-order chi connectivity index (χ1) is 7.02. The Morgan fingerprint density at radius 2 is 2.20 bits per heavy atom. The zero-order valence-electron chi connectivity index (χ0n) is 7.81. The van der Waals surface area contributed by atoms with Crippen molar-refractivity contribution >= 4 is 21.7 Å². The summed E-state index contributed by atoms with van der Waals surface area (Å²) in [6, 6.07) is 0.927. The third kappa shape index (κ3) is 2.15. The van der Waals surface area contributed by atoms with E-state index in [-0.39, 0.29) is 17.9 Å². The van der Waals surface area contributed by atoms with E-state index >= 15 is 0 Å². The van der Waals surface area contributed by atoms with Crippen molar-refractivity contribution in [3.63, 3.8) is 0 Å². The van der Waals surface area contributed by atoms with Crippen molar-refractivity contribution in [2.45, 2.75) is 0 Å². The minimum absolute atomic E-state index is 0.163. The number of carbonyl (C=O) groups is 1. The van der Waals surface area contributed by atoms with Crippen LogP contribution in [0.25, 0.3) is 0 Å². The van der Waals surface area contributed by atoms with Gasteiger partial charge in [0.1, 0.15) is 11.6 Å². The van der Waals surface area contributed by atoms with E-state index in [0.717, 1.165) is 6.07 Å². The van der Waals surface area contributed by atoms with E-state index in [1.807, 2.05) is 0 Å². The van der Waals surface area contributed by atoms with Gasteiger partial charge in [0.2, 0.25) is 0 Å². The van der Waals surface area contributed by atoms with Crippen molar-refractivity contribution in [1.29, 1.82) is 0 Å². The Hall–Kier alpha value is -1.01. The van der Waals surface area contributed by atoms with Gasteiger partial charge in [-0.2, -0.15) is 0 Å². The van der Waals surface area contributed by atoms with E-state index in [9.17, 15) is 13.6 Å². The molecule has 0 fully saturated rings. The lowest BCUT2D eigenvalue weighted by Gasteiger charge is -2.09. The molecule has 0 saturated heterocycles. The maximum atomic E-state index is 13.5. The molecule has 0 aliphatic heterocycles. The summed E-state index contributed by atoms with van der Waals surface area (Å²) in [5, 5.41) is 0. The number of carbonyl (C=O) groups excluding carboxylic acids is 1. The lowest BCUT2D eigenvalue weighted by molar-refractivity contribution is 0.0994. The summed E-state index contributed by atoms with van der Waals surface area (Å²) < 4.78 is 30.9. The lowest BCUT2D eigenvalue weighted by atomic mass is 10.1. The molecule has 15 heavy (non-hydrogen) atoms. The molecule has 2 N–H and O–H groups in total. The molecule has 0 aromatic heterocycles. The largest absolute Gasteiger partial charge is 0.496 e. The van der Waals surface area contributed by atoms with Gasteiger partial charge in [-0.25, -0.2) is 8.78 Å². The van der Waals surface area contributed by atoms with Crippen LogP contribution >= 0.6 is 15.9 Å². The fourth-order valence-corrected chi connectivity index (χ4v) is 1.41. The Morgan fingerprint density at radius 3 is 2.67 bits per heavy atom. The van der Waals surface area contributed by atoms with Gasteiger partial charge >= 0.3 is 0 Å². The van der Waals surface area contributed by atoms with Crippen molar-refractivity contribution in [2.75, 3.05) is 13.7 Å². The van der Waals surface area contributed by atoms with Crippen molar-refractivity contribution in [1.82, 2.24) is 0 Å². The summed E-state index contributed by atoms with van der Waals surface area (Å²) in [6.07, 6.45) is 0. The molecule has 0 heterocycles. The van der Waals surface area contributed by atoms with Gasteiger partial charge in [-0.1, -0.05) is 0 Å². The highest BCUT2D eigenvalue weighted by atomic mass is 79.9. The minimum atomic E-state index is -0.998. The van der Waals surface area contributed by atoms with E-state index in [2.05, 4.69) is 15.9 Å². The third-order valence-corrected chi connectivity index (χ3v) is 2.54. The molecule has 0 radical (unpaired) electrons. The number of methoxy groups -OCH3 is 1. The van der Waals surface area contributed by atoms with Crippen molar-refractivity contribution in [2.24, 2.45) is 5.73 Å². The smallest absolute Gasteiger partial charge is 0.183 e. The third-order valence-electron chi connectivity index (χ3n) is 1.81. The molecule has 6 heteroatoms. The summed E-state index contributed by atoms with van der Waals surface area (Å²) in [5.41, 5.74) is 4.76. The monoisotopic (exact) mass is 279 g/mol. The molecule has 1 aromatic carbocycles. The SMILES string of the molecule is COc1cc(F)c(Br)c(F)c1C(=O)CN. The predicted octanol–water partition coefficient (Wildman–Crippen LogP) is 1.88. The van der Waals surface area contributed by atoms with E-state index in [1.54, 1.807) is 0 Å². The van der Waals surface area contributed by atoms with E-state index in [0.29, 0.717) is 0 Å². The number of halogens is 3. The number of hydrogen-bond acceptors (Lipinski definition) is 3. The summed E-state index contributed by atoms with van der Waals surface area (Å²) in [7, 11) is 1.22. The summed E-state index contributed by atoms with van der Waals surface area (Å²) in [6.45, 7) is -0.370. The van der Waals surface area contributed by atoms with Gasteiger partial charge in [0.05, 0.1) is 23.7 Å². The number of ether oxygens (including phenoxy) is 1. The van der Waals surface area contributed by atoms with Crippen LogP contribution in [0.1, 0.15) is 10.4 Å². The van der Waals surface area contributed by atoms with Crippen molar-refractivity contribution in [3.8, 4) is 5.75 Å². The van der Waals surface area contributed by atoms with Crippen LogP contribution in [0, 0.1) is 11.6 Å².